The Morgan fingerprint density at radius 3 is 2.38 bits per heavy atom. The highest BCUT2D eigenvalue weighted by molar-refractivity contribution is 5.91. The molecule has 1 heterocycles. The van der Waals surface area contributed by atoms with Crippen LogP contribution >= 0.6 is 0 Å². The molecule has 0 spiro atoms. The van der Waals surface area contributed by atoms with Crippen LogP contribution in [-0.2, 0) is 4.74 Å². The van der Waals surface area contributed by atoms with E-state index in [2.05, 4.69) is 10.6 Å². The van der Waals surface area contributed by atoms with Crippen molar-refractivity contribution in [3.05, 3.63) is 54.6 Å². The van der Waals surface area contributed by atoms with Gasteiger partial charge in [0.05, 0.1) is 5.69 Å². The molecule has 0 unspecified atom stereocenters. The minimum absolute atomic E-state index is 0.0472. The molecule has 24 heavy (non-hydrogen) atoms. The molecular weight excluding hydrogens is 300 g/mol. The van der Waals surface area contributed by atoms with Crippen LogP contribution in [0, 0.1) is 11.8 Å². The van der Waals surface area contributed by atoms with Gasteiger partial charge in [-0.3, -0.25) is 5.32 Å². The molecule has 4 heteroatoms. The summed E-state index contributed by atoms with van der Waals surface area (Å²) >= 11 is 0. The van der Waals surface area contributed by atoms with Crippen molar-refractivity contribution in [2.24, 2.45) is 11.8 Å². The quantitative estimate of drug-likeness (QED) is 0.901. The Hall–Kier alpha value is -2.33. The number of carbonyl (C=O) groups is 1. The van der Waals surface area contributed by atoms with Crippen LogP contribution in [0.25, 0.3) is 11.1 Å². The zero-order valence-electron chi connectivity index (χ0n) is 13.6. The average Bonchev–Trinajstić information content (AvgIpc) is 3.17. The molecule has 1 aliphatic heterocycles. The lowest BCUT2D eigenvalue weighted by atomic mass is 10.0. The number of hydrogen-bond donors (Lipinski definition) is 2. The molecular formula is C20H22N2O2. The molecule has 1 saturated carbocycles. The summed E-state index contributed by atoms with van der Waals surface area (Å²) in [5.74, 6) is 1.33. The monoisotopic (exact) mass is 322 g/mol. The second kappa shape index (κ2) is 6.65. The van der Waals surface area contributed by atoms with Gasteiger partial charge in [0, 0.05) is 5.56 Å². The van der Waals surface area contributed by atoms with Gasteiger partial charge in [0.15, 0.2) is 0 Å². The lowest BCUT2D eigenvalue weighted by molar-refractivity contribution is 0.110. The van der Waals surface area contributed by atoms with Crippen LogP contribution in [0.1, 0.15) is 12.8 Å². The summed E-state index contributed by atoms with van der Waals surface area (Å²) in [7, 11) is 0. The van der Waals surface area contributed by atoms with E-state index < -0.39 is 0 Å². The Bertz CT molecular complexity index is 705. The van der Waals surface area contributed by atoms with E-state index in [4.69, 9.17) is 4.74 Å². The fourth-order valence-electron chi connectivity index (χ4n) is 3.96. The number of amides is 1. The molecule has 2 aromatic carbocycles. The van der Waals surface area contributed by atoms with Crippen LogP contribution in [0.15, 0.2) is 54.6 Å². The van der Waals surface area contributed by atoms with Crippen molar-refractivity contribution in [2.75, 3.05) is 18.4 Å². The normalized spacial score (nSPS) is 25.2. The summed E-state index contributed by atoms with van der Waals surface area (Å²) < 4.78 is 5.66. The van der Waals surface area contributed by atoms with E-state index in [-0.39, 0.29) is 12.2 Å². The van der Waals surface area contributed by atoms with E-state index in [1.54, 1.807) is 0 Å². The molecule has 0 bridgehead atoms. The maximum absolute atomic E-state index is 12.3. The van der Waals surface area contributed by atoms with Crippen molar-refractivity contribution in [1.82, 2.24) is 5.32 Å². The van der Waals surface area contributed by atoms with Crippen LogP contribution < -0.4 is 10.6 Å². The van der Waals surface area contributed by atoms with Crippen LogP contribution in [0.2, 0.25) is 0 Å². The van der Waals surface area contributed by atoms with Crippen LogP contribution in [0.4, 0.5) is 10.5 Å². The highest BCUT2D eigenvalue weighted by atomic mass is 16.6. The van der Waals surface area contributed by atoms with Crippen LogP contribution in [-0.4, -0.2) is 25.3 Å². The van der Waals surface area contributed by atoms with Crippen LogP contribution in [0.5, 0.6) is 0 Å². The second-order valence-electron chi connectivity index (χ2n) is 6.71. The Balaban J connectivity index is 1.43. The number of ether oxygens (including phenoxy) is 1. The molecule has 0 radical (unpaired) electrons. The fraction of sp³-hybridized carbons (Fsp3) is 0.350. The van der Waals surface area contributed by atoms with E-state index in [1.807, 2.05) is 54.6 Å². The van der Waals surface area contributed by atoms with Gasteiger partial charge in [-0.15, -0.1) is 0 Å². The first-order chi connectivity index (χ1) is 11.8. The summed E-state index contributed by atoms with van der Waals surface area (Å²) in [5.41, 5.74) is 2.87. The van der Waals surface area contributed by atoms with Crippen molar-refractivity contribution >= 4 is 11.8 Å². The van der Waals surface area contributed by atoms with Gasteiger partial charge >= 0.3 is 6.09 Å². The van der Waals surface area contributed by atoms with Crippen molar-refractivity contribution in [2.45, 2.75) is 18.9 Å². The third-order valence-electron chi connectivity index (χ3n) is 5.13. The molecule has 1 aliphatic carbocycles. The van der Waals surface area contributed by atoms with Gasteiger partial charge in [-0.2, -0.15) is 0 Å². The molecule has 4 nitrogen and oxygen atoms in total. The molecule has 1 amide bonds. The third-order valence-corrected chi connectivity index (χ3v) is 5.13. The molecule has 2 fully saturated rings. The highest BCUT2D eigenvalue weighted by Gasteiger charge is 2.39. The standard InChI is InChI=1S/C20H22N2O2/c23-20(24-17-10-15-12-21-13-16(15)11-17)22-19-9-5-4-8-18(19)14-6-2-1-3-7-14/h1-9,15-17,21H,10-13H2,(H,22,23)/t15-,16+,17-. The maximum Gasteiger partial charge on any atom is 0.411 e. The number of fused-ring (bicyclic) bond motifs is 1. The van der Waals surface area contributed by atoms with Crippen molar-refractivity contribution < 1.29 is 9.53 Å². The summed E-state index contributed by atoms with van der Waals surface area (Å²) in [6, 6.07) is 17.9. The van der Waals surface area contributed by atoms with Crippen molar-refractivity contribution in [3.8, 4) is 11.1 Å². The Morgan fingerprint density at radius 2 is 1.62 bits per heavy atom. The van der Waals surface area contributed by atoms with E-state index in [1.165, 1.54) is 0 Å². The molecule has 0 aromatic heterocycles. The molecule has 1 saturated heterocycles. The second-order valence-corrected chi connectivity index (χ2v) is 6.71. The molecule has 2 aromatic rings. The predicted octanol–water partition coefficient (Wildman–Crippen LogP) is 3.90. The number of rotatable bonds is 3. The van der Waals surface area contributed by atoms with Gasteiger partial charge in [0.1, 0.15) is 6.10 Å². The minimum atomic E-state index is -0.351. The minimum Gasteiger partial charge on any atom is -0.446 e. The van der Waals surface area contributed by atoms with E-state index >= 15 is 0 Å². The Kier molecular flexibility index (Phi) is 4.22. The van der Waals surface area contributed by atoms with E-state index in [0.717, 1.165) is 42.7 Å². The van der Waals surface area contributed by atoms with Gasteiger partial charge < -0.3 is 10.1 Å². The number of nitrogens with one attached hydrogen (secondary N) is 2. The van der Waals surface area contributed by atoms with Crippen LogP contribution in [0.3, 0.4) is 0 Å². The predicted molar refractivity (Wildman–Crippen MR) is 94.9 cm³/mol. The van der Waals surface area contributed by atoms with Gasteiger partial charge in [-0.05, 0) is 49.4 Å². The summed E-state index contributed by atoms with van der Waals surface area (Å²) in [6.07, 6.45) is 1.65. The zero-order valence-corrected chi connectivity index (χ0v) is 13.6. The smallest absolute Gasteiger partial charge is 0.411 e. The summed E-state index contributed by atoms with van der Waals surface area (Å²) in [5, 5.41) is 6.33. The van der Waals surface area contributed by atoms with E-state index in [0.29, 0.717) is 11.8 Å². The van der Waals surface area contributed by atoms with Crippen molar-refractivity contribution in [1.29, 1.82) is 0 Å². The number of benzene rings is 2. The number of anilines is 1. The van der Waals surface area contributed by atoms with Gasteiger partial charge in [-0.1, -0.05) is 48.5 Å². The fourth-order valence-corrected chi connectivity index (χ4v) is 3.96. The maximum atomic E-state index is 12.3. The largest absolute Gasteiger partial charge is 0.446 e. The van der Waals surface area contributed by atoms with Crippen molar-refractivity contribution in [3.63, 3.8) is 0 Å². The zero-order chi connectivity index (χ0) is 16.4. The number of carbonyl (C=O) groups excluding carboxylic acids is 1. The van der Waals surface area contributed by atoms with Gasteiger partial charge in [0.25, 0.3) is 0 Å². The number of para-hydroxylation sites is 1. The first kappa shape index (κ1) is 15.2. The van der Waals surface area contributed by atoms with E-state index in [9.17, 15) is 4.79 Å². The molecule has 4 rings (SSSR count). The average molecular weight is 322 g/mol. The SMILES string of the molecule is O=C(Nc1ccccc1-c1ccccc1)O[C@H]1C[C@H]2CNC[C@H]2C1. The Labute approximate surface area is 142 Å². The lowest BCUT2D eigenvalue weighted by Gasteiger charge is -2.15. The Morgan fingerprint density at radius 1 is 0.958 bits per heavy atom. The lowest BCUT2D eigenvalue weighted by Crippen LogP contribution is -2.23. The summed E-state index contributed by atoms with van der Waals surface area (Å²) in [4.78, 5) is 12.3. The first-order valence-corrected chi connectivity index (χ1v) is 8.62. The third kappa shape index (κ3) is 3.15. The van der Waals surface area contributed by atoms with Gasteiger partial charge in [0.2, 0.25) is 0 Å². The molecule has 3 atom stereocenters. The molecule has 124 valence electrons. The first-order valence-electron chi connectivity index (χ1n) is 8.62. The molecule has 2 N–H and O–H groups in total. The molecule has 2 aliphatic rings. The topological polar surface area (TPSA) is 50.4 Å². The number of hydrogen-bond acceptors (Lipinski definition) is 3. The summed E-state index contributed by atoms with van der Waals surface area (Å²) in [6.45, 7) is 2.12. The van der Waals surface area contributed by atoms with Gasteiger partial charge in [-0.25, -0.2) is 4.79 Å². The highest BCUT2D eigenvalue weighted by Crippen LogP contribution is 2.36.